The van der Waals surface area contributed by atoms with Crippen LogP contribution in [0.2, 0.25) is 0 Å². The van der Waals surface area contributed by atoms with Gasteiger partial charge in [-0.3, -0.25) is 4.90 Å². The van der Waals surface area contributed by atoms with E-state index in [0.717, 1.165) is 65.2 Å². The Morgan fingerprint density at radius 3 is 2.33 bits per heavy atom. The van der Waals surface area contributed by atoms with E-state index in [9.17, 15) is 4.79 Å². The topological polar surface area (TPSA) is 47.6 Å². The van der Waals surface area contributed by atoms with Crippen molar-refractivity contribution < 1.29 is 4.79 Å². The Morgan fingerprint density at radius 2 is 1.67 bits per heavy atom. The van der Waals surface area contributed by atoms with Crippen LogP contribution in [-0.4, -0.2) is 68.2 Å². The number of urea groups is 1. The van der Waals surface area contributed by atoms with E-state index in [0.29, 0.717) is 0 Å². The number of nitrogens with one attached hydrogen (secondary N) is 2. The number of likely N-dealkylation sites (tertiary alicyclic amines) is 1. The highest BCUT2D eigenvalue weighted by Gasteiger charge is 2.15. The zero-order valence-corrected chi connectivity index (χ0v) is 11.3. The molecule has 5 nitrogen and oxygen atoms in total. The van der Waals surface area contributed by atoms with Crippen LogP contribution in [0.15, 0.2) is 0 Å². The Kier molecular flexibility index (Phi) is 5.74. The monoisotopic (exact) mass is 254 g/mol. The molecule has 104 valence electrons. The van der Waals surface area contributed by atoms with Gasteiger partial charge in [-0.2, -0.15) is 0 Å². The molecule has 2 heterocycles. The zero-order chi connectivity index (χ0) is 12.6. The fourth-order valence-corrected chi connectivity index (χ4v) is 2.64. The summed E-state index contributed by atoms with van der Waals surface area (Å²) in [4.78, 5) is 16.4. The number of carbonyl (C=O) groups excluding carboxylic acids is 1. The van der Waals surface area contributed by atoms with E-state index in [-0.39, 0.29) is 6.03 Å². The lowest BCUT2D eigenvalue weighted by molar-refractivity contribution is 0.194. The van der Waals surface area contributed by atoms with Crippen molar-refractivity contribution in [2.45, 2.75) is 25.7 Å². The van der Waals surface area contributed by atoms with Gasteiger partial charge in [0.1, 0.15) is 0 Å². The molecule has 0 unspecified atom stereocenters. The van der Waals surface area contributed by atoms with Crippen molar-refractivity contribution in [3.63, 3.8) is 0 Å². The lowest BCUT2D eigenvalue weighted by Gasteiger charge is -2.28. The molecule has 2 rings (SSSR count). The smallest absolute Gasteiger partial charge is 0.317 e. The van der Waals surface area contributed by atoms with Gasteiger partial charge in [0.2, 0.25) is 0 Å². The second-order valence-corrected chi connectivity index (χ2v) is 5.22. The molecule has 2 N–H and O–H groups in total. The minimum absolute atomic E-state index is 0.132. The third-order valence-corrected chi connectivity index (χ3v) is 3.81. The summed E-state index contributed by atoms with van der Waals surface area (Å²) in [5.74, 6) is 0. The van der Waals surface area contributed by atoms with Gasteiger partial charge in [0.25, 0.3) is 0 Å². The third kappa shape index (κ3) is 4.46. The zero-order valence-electron chi connectivity index (χ0n) is 11.3. The van der Waals surface area contributed by atoms with Gasteiger partial charge in [-0.05, 0) is 12.8 Å². The summed E-state index contributed by atoms with van der Waals surface area (Å²) in [5.41, 5.74) is 0. The molecule has 0 aromatic carbocycles. The predicted molar refractivity (Wildman–Crippen MR) is 72.7 cm³/mol. The minimum atomic E-state index is 0.132. The van der Waals surface area contributed by atoms with Gasteiger partial charge < -0.3 is 15.5 Å². The van der Waals surface area contributed by atoms with Crippen molar-refractivity contribution in [3.05, 3.63) is 0 Å². The number of hydrogen-bond acceptors (Lipinski definition) is 3. The number of carbonyl (C=O) groups is 1. The highest BCUT2D eigenvalue weighted by molar-refractivity contribution is 5.74. The first-order valence-corrected chi connectivity index (χ1v) is 7.32. The molecule has 0 aliphatic carbocycles. The van der Waals surface area contributed by atoms with Crippen LogP contribution in [0, 0.1) is 0 Å². The Bertz CT molecular complexity index is 245. The minimum Gasteiger partial charge on any atom is -0.337 e. The van der Waals surface area contributed by atoms with E-state index in [4.69, 9.17) is 0 Å². The van der Waals surface area contributed by atoms with Gasteiger partial charge >= 0.3 is 6.03 Å². The molecule has 2 aliphatic rings. The van der Waals surface area contributed by atoms with Gasteiger partial charge in [0.15, 0.2) is 0 Å². The molecule has 0 radical (unpaired) electrons. The van der Waals surface area contributed by atoms with Crippen LogP contribution >= 0.6 is 0 Å². The summed E-state index contributed by atoms with van der Waals surface area (Å²) in [6.45, 7) is 7.94. The van der Waals surface area contributed by atoms with Crippen LogP contribution in [0.3, 0.4) is 0 Å². The molecule has 0 aromatic rings. The van der Waals surface area contributed by atoms with E-state index in [1.165, 1.54) is 12.8 Å². The van der Waals surface area contributed by atoms with Crippen LogP contribution in [0.25, 0.3) is 0 Å². The quantitative estimate of drug-likeness (QED) is 0.770. The normalized spacial score (nSPS) is 22.6. The van der Waals surface area contributed by atoms with E-state index < -0.39 is 0 Å². The molecule has 18 heavy (non-hydrogen) atoms. The molecular weight excluding hydrogens is 228 g/mol. The van der Waals surface area contributed by atoms with Crippen molar-refractivity contribution in [2.24, 2.45) is 0 Å². The number of amides is 2. The Balaban J connectivity index is 1.61. The Morgan fingerprint density at radius 1 is 1.00 bits per heavy atom. The molecule has 0 aromatic heterocycles. The molecule has 2 fully saturated rings. The molecule has 2 amide bonds. The van der Waals surface area contributed by atoms with E-state index in [1.54, 1.807) is 0 Å². The Hall–Kier alpha value is -0.810. The molecular formula is C13H26N4O. The maximum absolute atomic E-state index is 12.0. The van der Waals surface area contributed by atoms with Crippen LogP contribution < -0.4 is 10.6 Å². The lowest BCUT2D eigenvalue weighted by atomic mass is 10.2. The standard InChI is InChI=1S/C13H26N4O/c18-13(17-8-3-1-2-4-9-17)15-7-12-16-10-5-14-6-11-16/h14H,1-12H2,(H,15,18). The number of piperazine rings is 1. The van der Waals surface area contributed by atoms with Crippen LogP contribution in [-0.2, 0) is 0 Å². The first kappa shape index (κ1) is 13.6. The average Bonchev–Trinajstić information content (AvgIpc) is 2.69. The summed E-state index contributed by atoms with van der Waals surface area (Å²) in [5, 5.41) is 6.39. The van der Waals surface area contributed by atoms with Gasteiger partial charge in [-0.25, -0.2) is 4.79 Å². The number of hydrogen-bond donors (Lipinski definition) is 2. The predicted octanol–water partition coefficient (Wildman–Crippen LogP) is 0.477. The fraction of sp³-hybridized carbons (Fsp3) is 0.923. The second kappa shape index (κ2) is 7.59. The first-order valence-electron chi connectivity index (χ1n) is 7.32. The van der Waals surface area contributed by atoms with Crippen molar-refractivity contribution >= 4 is 6.03 Å². The summed E-state index contributed by atoms with van der Waals surface area (Å²) >= 11 is 0. The first-order chi connectivity index (χ1) is 8.86. The van der Waals surface area contributed by atoms with E-state index in [2.05, 4.69) is 15.5 Å². The van der Waals surface area contributed by atoms with Crippen molar-refractivity contribution in [2.75, 3.05) is 52.4 Å². The third-order valence-electron chi connectivity index (χ3n) is 3.81. The van der Waals surface area contributed by atoms with Crippen molar-refractivity contribution in [1.29, 1.82) is 0 Å². The van der Waals surface area contributed by atoms with Gasteiger partial charge in [-0.15, -0.1) is 0 Å². The molecule has 0 saturated carbocycles. The molecule has 2 saturated heterocycles. The fourth-order valence-electron chi connectivity index (χ4n) is 2.64. The SMILES string of the molecule is O=C(NCCN1CCNCC1)N1CCCCCC1. The van der Waals surface area contributed by atoms with Crippen LogP contribution in [0.5, 0.6) is 0 Å². The van der Waals surface area contributed by atoms with Crippen molar-refractivity contribution in [1.82, 2.24) is 20.4 Å². The van der Waals surface area contributed by atoms with Crippen LogP contribution in [0.4, 0.5) is 4.79 Å². The summed E-state index contributed by atoms with van der Waals surface area (Å²) in [6, 6.07) is 0.132. The maximum Gasteiger partial charge on any atom is 0.317 e. The summed E-state index contributed by atoms with van der Waals surface area (Å²) in [6.07, 6.45) is 4.85. The second-order valence-electron chi connectivity index (χ2n) is 5.22. The molecule has 0 spiro atoms. The van der Waals surface area contributed by atoms with Crippen LogP contribution in [0.1, 0.15) is 25.7 Å². The highest BCUT2D eigenvalue weighted by Crippen LogP contribution is 2.09. The van der Waals surface area contributed by atoms with Gasteiger partial charge in [-0.1, -0.05) is 12.8 Å². The van der Waals surface area contributed by atoms with E-state index >= 15 is 0 Å². The summed E-state index contributed by atoms with van der Waals surface area (Å²) in [7, 11) is 0. The van der Waals surface area contributed by atoms with E-state index in [1.807, 2.05) is 4.90 Å². The van der Waals surface area contributed by atoms with Crippen molar-refractivity contribution in [3.8, 4) is 0 Å². The van der Waals surface area contributed by atoms with Gasteiger partial charge in [0, 0.05) is 52.4 Å². The number of nitrogens with zero attached hydrogens (tertiary/aromatic N) is 2. The lowest BCUT2D eigenvalue weighted by Crippen LogP contribution is -2.48. The average molecular weight is 254 g/mol. The summed E-state index contributed by atoms with van der Waals surface area (Å²) < 4.78 is 0. The number of rotatable bonds is 3. The maximum atomic E-state index is 12.0. The largest absolute Gasteiger partial charge is 0.337 e. The molecule has 2 aliphatic heterocycles. The Labute approximate surface area is 110 Å². The molecule has 0 atom stereocenters. The molecule has 0 bridgehead atoms. The molecule has 5 heteroatoms. The van der Waals surface area contributed by atoms with Gasteiger partial charge in [0.05, 0.1) is 0 Å². The highest BCUT2D eigenvalue weighted by atomic mass is 16.2.